The van der Waals surface area contributed by atoms with Crippen LogP contribution in [0.25, 0.3) is 15.7 Å². The number of hydrogen-bond donors (Lipinski definition) is 3. The topological polar surface area (TPSA) is 86.9 Å². The van der Waals surface area contributed by atoms with Crippen LogP contribution in [0.3, 0.4) is 0 Å². The molecule has 0 aliphatic heterocycles. The Morgan fingerprint density at radius 1 is 0.780 bits per heavy atom. The normalized spacial score (nSPS) is 13.5. The lowest BCUT2D eigenvalue weighted by Gasteiger charge is -2.38. The summed E-state index contributed by atoms with van der Waals surface area (Å²) < 4.78 is 87.0. The van der Waals surface area contributed by atoms with Crippen LogP contribution in [0.4, 0.5) is 32.0 Å². The molecule has 0 spiro atoms. The predicted octanol–water partition coefficient (Wildman–Crippen LogP) is 12.9. The summed E-state index contributed by atoms with van der Waals surface area (Å²) in [6.45, 7) is 22.1. The molecule has 0 saturated heterocycles. The van der Waals surface area contributed by atoms with Gasteiger partial charge in [-0.05, 0) is 64.1 Å². The van der Waals surface area contributed by atoms with Crippen molar-refractivity contribution in [3.05, 3.63) is 136 Å². The van der Waals surface area contributed by atoms with Crippen LogP contribution in [-0.2, 0) is 28.7 Å². The van der Waals surface area contributed by atoms with E-state index in [4.69, 9.17) is 11.3 Å². The molecule has 5 rings (SSSR count). The number of phenolic OH excluding ortho intramolecular Hbond substituents is 1. The third-order valence-electron chi connectivity index (χ3n) is 10.6. The molecule has 3 N–H and O–H groups in total. The Morgan fingerprint density at radius 2 is 1.34 bits per heavy atom. The summed E-state index contributed by atoms with van der Waals surface area (Å²) in [5.74, 6) is -1.00. The van der Waals surface area contributed by atoms with Crippen molar-refractivity contribution in [2.75, 3.05) is 0 Å². The van der Waals surface area contributed by atoms with Crippen LogP contribution < -0.4 is 4.74 Å². The van der Waals surface area contributed by atoms with E-state index in [1.165, 1.54) is 6.07 Å². The number of alkyl halides is 6. The van der Waals surface area contributed by atoms with Gasteiger partial charge in [0.1, 0.15) is 18.1 Å². The molecular formula is C47H52F6N2O4. The summed E-state index contributed by atoms with van der Waals surface area (Å²) in [6.07, 6.45) is -11.9. The molecule has 0 amide bonds. The third-order valence-corrected chi connectivity index (χ3v) is 10.6. The number of carbonyl (C=O) groups excluding carboxylic acids is 1. The summed E-state index contributed by atoms with van der Waals surface area (Å²) in [7, 11) is 0. The first-order valence-electron chi connectivity index (χ1n) is 19.3. The van der Waals surface area contributed by atoms with E-state index in [1.54, 1.807) is 70.2 Å². The van der Waals surface area contributed by atoms with Crippen LogP contribution in [0.2, 0.25) is 0 Å². The zero-order valence-corrected chi connectivity index (χ0v) is 34.6. The zero-order valence-electron chi connectivity index (χ0n) is 34.6. The van der Waals surface area contributed by atoms with Gasteiger partial charge in [0.2, 0.25) is 11.5 Å². The number of nitrogens with one attached hydrogen (secondary N) is 1. The molecule has 4 aromatic carbocycles. The monoisotopic (exact) mass is 822 g/mol. The van der Waals surface area contributed by atoms with Crippen molar-refractivity contribution in [3.8, 4) is 11.5 Å². The van der Waals surface area contributed by atoms with Gasteiger partial charge in [0.25, 0.3) is 0 Å². The molecule has 1 atom stereocenters. The average Bonchev–Trinajstić information content (AvgIpc) is 3.49. The molecule has 0 aliphatic rings. The van der Waals surface area contributed by atoms with Gasteiger partial charge < -0.3 is 19.9 Å². The molecule has 1 aromatic heterocycles. The standard InChI is InChI=1S/C25H27F3N2O2.C22H25F3O2/c1-15(2)16-10-11-21(31)18(12-16)23(3,4)14-24(32,25(26,27)28)13-20-22(29-5)17-8-6-7-9-19(17)30-20;1-15(2)17-10-11-19(27-14-16-8-6-5-7-9-16)18(12-17)21(3,4)13-20(26)22(23,24)25/h6-12,15,30-32H,13-14H2,1-4H3;5-12,15H,13-14H2,1-4H3. The second-order valence-electron chi connectivity index (χ2n) is 17.0. The third kappa shape index (κ3) is 11.3. The Labute approximate surface area is 342 Å². The van der Waals surface area contributed by atoms with E-state index in [0.717, 1.165) is 16.7 Å². The van der Waals surface area contributed by atoms with E-state index in [9.17, 15) is 41.4 Å². The molecule has 59 heavy (non-hydrogen) atoms. The number of para-hydroxylation sites is 1. The Hall–Kier alpha value is -5.28. The number of halogens is 6. The van der Waals surface area contributed by atoms with E-state index in [2.05, 4.69) is 9.83 Å². The minimum atomic E-state index is -4.95. The second kappa shape index (κ2) is 17.9. The second-order valence-corrected chi connectivity index (χ2v) is 17.0. The Bertz CT molecular complexity index is 2270. The molecule has 0 aliphatic carbocycles. The quantitative estimate of drug-likeness (QED) is 0.0815. The fourth-order valence-electron chi connectivity index (χ4n) is 7.17. The minimum Gasteiger partial charge on any atom is -0.508 e. The van der Waals surface area contributed by atoms with Crippen LogP contribution in [-0.4, -0.2) is 38.9 Å². The summed E-state index contributed by atoms with van der Waals surface area (Å²) in [6, 6.07) is 26.8. The van der Waals surface area contributed by atoms with Crippen LogP contribution in [0, 0.1) is 6.57 Å². The number of aromatic nitrogens is 1. The van der Waals surface area contributed by atoms with Gasteiger partial charge in [-0.25, -0.2) is 4.85 Å². The highest BCUT2D eigenvalue weighted by molar-refractivity contribution is 5.95. The van der Waals surface area contributed by atoms with Gasteiger partial charge >= 0.3 is 12.4 Å². The van der Waals surface area contributed by atoms with Crippen molar-refractivity contribution in [2.45, 2.75) is 122 Å². The highest BCUT2D eigenvalue weighted by Gasteiger charge is 2.56. The minimum absolute atomic E-state index is 0.0389. The number of aromatic amines is 1. The van der Waals surface area contributed by atoms with Gasteiger partial charge in [0.15, 0.2) is 5.60 Å². The van der Waals surface area contributed by atoms with Crippen molar-refractivity contribution in [2.24, 2.45) is 0 Å². The number of benzene rings is 4. The van der Waals surface area contributed by atoms with Gasteiger partial charge in [-0.15, -0.1) is 0 Å². The number of carbonyl (C=O) groups is 1. The molecule has 0 radical (unpaired) electrons. The SMILES string of the molecule is CC(C)c1ccc(OCc2ccccc2)c(C(C)(C)CC(=O)C(F)(F)F)c1.[C-]#[N+]c1c(CC(O)(CC(C)(C)c2cc(C(C)C)ccc2O)C(F)(F)F)[nH]c2ccccc12. The summed E-state index contributed by atoms with van der Waals surface area (Å²) >= 11 is 0. The van der Waals surface area contributed by atoms with Crippen molar-refractivity contribution in [1.29, 1.82) is 0 Å². The van der Waals surface area contributed by atoms with Crippen LogP contribution in [0.1, 0.15) is 114 Å². The number of ether oxygens (including phenoxy) is 1. The van der Waals surface area contributed by atoms with Crippen molar-refractivity contribution in [3.63, 3.8) is 0 Å². The van der Waals surface area contributed by atoms with Crippen molar-refractivity contribution < 1.29 is 46.1 Å². The molecule has 12 heteroatoms. The molecule has 0 saturated carbocycles. The first kappa shape index (κ1) is 46.4. The smallest absolute Gasteiger partial charge is 0.450 e. The number of fused-ring (bicyclic) bond motifs is 1. The van der Waals surface area contributed by atoms with Crippen molar-refractivity contribution >= 4 is 22.4 Å². The van der Waals surface area contributed by atoms with Crippen LogP contribution >= 0.6 is 0 Å². The molecule has 1 heterocycles. The van der Waals surface area contributed by atoms with E-state index >= 15 is 0 Å². The Morgan fingerprint density at radius 3 is 1.90 bits per heavy atom. The largest absolute Gasteiger partial charge is 0.508 e. The lowest BCUT2D eigenvalue weighted by molar-refractivity contribution is -0.266. The molecule has 5 aromatic rings. The Kier molecular flexibility index (Phi) is 14.1. The number of aliphatic hydroxyl groups is 1. The average molecular weight is 823 g/mol. The van der Waals surface area contributed by atoms with E-state index < -0.39 is 53.8 Å². The molecule has 0 bridgehead atoms. The first-order valence-corrected chi connectivity index (χ1v) is 19.3. The summed E-state index contributed by atoms with van der Waals surface area (Å²) in [4.78, 5) is 17.9. The number of Topliss-reactive ketones (excluding diaryl/α,β-unsaturated/α-hetero) is 1. The van der Waals surface area contributed by atoms with E-state index in [-0.39, 0.29) is 29.0 Å². The molecular weight excluding hydrogens is 771 g/mol. The number of nitrogens with zero attached hydrogens (tertiary/aromatic N) is 1. The Balaban J connectivity index is 0.000000265. The van der Waals surface area contributed by atoms with Gasteiger partial charge in [0.05, 0.1) is 6.57 Å². The summed E-state index contributed by atoms with van der Waals surface area (Å²) in [5.41, 5.74) is -0.889. The van der Waals surface area contributed by atoms with Crippen LogP contribution in [0.15, 0.2) is 91.0 Å². The maximum atomic E-state index is 14.2. The number of phenols is 1. The van der Waals surface area contributed by atoms with Gasteiger partial charge in [-0.1, -0.05) is 128 Å². The lowest BCUT2D eigenvalue weighted by Crippen LogP contribution is -2.51. The van der Waals surface area contributed by atoms with Crippen LogP contribution in [0.5, 0.6) is 11.5 Å². The van der Waals surface area contributed by atoms with Gasteiger partial charge in [-0.2, -0.15) is 26.3 Å². The molecule has 6 nitrogen and oxygen atoms in total. The van der Waals surface area contributed by atoms with E-state index in [0.29, 0.717) is 34.4 Å². The summed E-state index contributed by atoms with van der Waals surface area (Å²) in [5, 5.41) is 21.9. The fourth-order valence-corrected chi connectivity index (χ4v) is 7.17. The first-order chi connectivity index (χ1) is 27.3. The van der Waals surface area contributed by atoms with Gasteiger partial charge in [-0.3, -0.25) is 4.79 Å². The molecule has 316 valence electrons. The number of ketones is 1. The highest BCUT2D eigenvalue weighted by Crippen LogP contribution is 2.47. The van der Waals surface area contributed by atoms with Gasteiger partial charge in [0, 0.05) is 40.4 Å². The predicted molar refractivity (Wildman–Crippen MR) is 219 cm³/mol. The molecule has 1 unspecified atom stereocenters. The number of H-pyrrole nitrogens is 1. The number of aromatic hydroxyl groups is 1. The van der Waals surface area contributed by atoms with Crippen molar-refractivity contribution in [1.82, 2.24) is 4.98 Å². The number of hydrogen-bond acceptors (Lipinski definition) is 4. The maximum Gasteiger partial charge on any atom is 0.450 e. The molecule has 0 fully saturated rings. The fraction of sp³-hybridized carbons (Fsp3) is 0.404. The zero-order chi connectivity index (χ0) is 44.1. The van der Waals surface area contributed by atoms with E-state index in [1.807, 2.05) is 70.2 Å². The lowest BCUT2D eigenvalue weighted by atomic mass is 9.72. The number of rotatable bonds is 13. The highest BCUT2D eigenvalue weighted by atomic mass is 19.4. The maximum absolute atomic E-state index is 14.2.